The highest BCUT2D eigenvalue weighted by molar-refractivity contribution is 7.11. The number of piperidine rings is 1. The summed E-state index contributed by atoms with van der Waals surface area (Å²) in [7, 11) is 1.99. The zero-order chi connectivity index (χ0) is 16.4. The van der Waals surface area contributed by atoms with Crippen LogP contribution in [0.4, 0.5) is 0 Å². The molecule has 3 rings (SSSR count). The van der Waals surface area contributed by atoms with Gasteiger partial charge in [0.25, 0.3) is 0 Å². The largest absolute Gasteiger partial charge is 0.338 e. The second kappa shape index (κ2) is 10.1. The van der Waals surface area contributed by atoms with Gasteiger partial charge in [-0.15, -0.1) is 36.2 Å². The molecule has 25 heavy (non-hydrogen) atoms. The van der Waals surface area contributed by atoms with E-state index in [0.717, 1.165) is 37.4 Å². The molecule has 0 spiro atoms. The standard InChI is InChI=1S/C18H29N3OS.2ClH/c1-12(14-7-9-19-10-8-14)11-17(22)21(3)16-6-4-5-15-18(16)23-13(2)20-15;;/h12,14,16,19H,4-11H2,1-3H3;2*1H. The molecule has 2 heterocycles. The topological polar surface area (TPSA) is 45.2 Å². The van der Waals surface area contributed by atoms with E-state index in [4.69, 9.17) is 0 Å². The molecular weight excluding hydrogens is 377 g/mol. The van der Waals surface area contributed by atoms with Crippen LogP contribution in [0, 0.1) is 18.8 Å². The third kappa shape index (κ3) is 5.31. The summed E-state index contributed by atoms with van der Waals surface area (Å²) in [6.07, 6.45) is 6.40. The van der Waals surface area contributed by atoms with Crippen LogP contribution in [0.1, 0.15) is 60.6 Å². The molecule has 1 saturated heterocycles. The second-order valence-corrected chi connectivity index (χ2v) is 8.46. The molecule has 0 bridgehead atoms. The number of fused-ring (bicyclic) bond motifs is 1. The van der Waals surface area contributed by atoms with Crippen molar-refractivity contribution >= 4 is 42.1 Å². The van der Waals surface area contributed by atoms with E-state index in [-0.39, 0.29) is 30.9 Å². The molecule has 4 nitrogen and oxygen atoms in total. The van der Waals surface area contributed by atoms with Crippen LogP contribution < -0.4 is 5.32 Å². The lowest BCUT2D eigenvalue weighted by Gasteiger charge is -2.33. The molecule has 2 unspecified atom stereocenters. The minimum absolute atomic E-state index is 0. The number of aryl methyl sites for hydroxylation is 2. The molecule has 1 aliphatic carbocycles. The molecule has 144 valence electrons. The molecule has 0 aromatic carbocycles. The summed E-state index contributed by atoms with van der Waals surface area (Å²) in [6.45, 7) is 6.53. The fourth-order valence-electron chi connectivity index (χ4n) is 4.06. The van der Waals surface area contributed by atoms with Gasteiger partial charge in [0, 0.05) is 13.5 Å². The maximum atomic E-state index is 12.8. The predicted molar refractivity (Wildman–Crippen MR) is 109 cm³/mol. The first-order valence-electron chi connectivity index (χ1n) is 8.99. The van der Waals surface area contributed by atoms with Gasteiger partial charge in [0.2, 0.25) is 5.91 Å². The van der Waals surface area contributed by atoms with E-state index >= 15 is 0 Å². The van der Waals surface area contributed by atoms with Gasteiger partial charge in [0.1, 0.15) is 0 Å². The molecule has 0 radical (unpaired) electrons. The molecule has 2 atom stereocenters. The number of aromatic nitrogens is 1. The summed E-state index contributed by atoms with van der Waals surface area (Å²) in [5, 5.41) is 4.54. The summed E-state index contributed by atoms with van der Waals surface area (Å²) in [5.41, 5.74) is 1.23. The highest BCUT2D eigenvalue weighted by Gasteiger charge is 2.31. The zero-order valence-electron chi connectivity index (χ0n) is 15.4. The second-order valence-electron chi connectivity index (χ2n) is 7.23. The van der Waals surface area contributed by atoms with Gasteiger partial charge in [-0.1, -0.05) is 6.92 Å². The van der Waals surface area contributed by atoms with E-state index in [1.54, 1.807) is 11.3 Å². The van der Waals surface area contributed by atoms with Gasteiger partial charge in [0.15, 0.2) is 0 Å². The molecule has 1 N–H and O–H groups in total. The van der Waals surface area contributed by atoms with Gasteiger partial charge in [-0.3, -0.25) is 4.79 Å². The highest BCUT2D eigenvalue weighted by Crippen LogP contribution is 2.38. The Balaban J connectivity index is 0.00000156. The summed E-state index contributed by atoms with van der Waals surface area (Å²) in [5.74, 6) is 1.49. The molecule has 1 aromatic heterocycles. The number of hydrogen-bond acceptors (Lipinski definition) is 4. The van der Waals surface area contributed by atoms with Gasteiger partial charge in [-0.05, 0) is 64.0 Å². The minimum atomic E-state index is 0. The first kappa shape index (κ1) is 22.7. The van der Waals surface area contributed by atoms with Crippen molar-refractivity contribution in [1.82, 2.24) is 15.2 Å². The molecule has 1 aromatic rings. The summed E-state index contributed by atoms with van der Waals surface area (Å²) >= 11 is 1.78. The molecular formula is C18H31Cl2N3OS. The molecule has 1 aliphatic heterocycles. The quantitative estimate of drug-likeness (QED) is 0.814. The van der Waals surface area contributed by atoms with E-state index in [2.05, 4.69) is 24.1 Å². The third-order valence-corrected chi connectivity index (χ3v) is 6.69. The lowest BCUT2D eigenvalue weighted by atomic mass is 9.83. The average Bonchev–Trinajstić information content (AvgIpc) is 2.95. The molecule has 0 saturated carbocycles. The zero-order valence-corrected chi connectivity index (χ0v) is 17.9. The van der Waals surface area contributed by atoms with Gasteiger partial charge >= 0.3 is 0 Å². The van der Waals surface area contributed by atoms with Gasteiger partial charge < -0.3 is 10.2 Å². The predicted octanol–water partition coefficient (Wildman–Crippen LogP) is 4.16. The van der Waals surface area contributed by atoms with Crippen molar-refractivity contribution in [3.8, 4) is 0 Å². The monoisotopic (exact) mass is 407 g/mol. The van der Waals surface area contributed by atoms with Crippen LogP contribution in [-0.2, 0) is 11.2 Å². The molecule has 1 amide bonds. The first-order valence-corrected chi connectivity index (χ1v) is 9.80. The number of thiazole rings is 1. The summed E-state index contributed by atoms with van der Waals surface area (Å²) in [6, 6.07) is 0.248. The van der Waals surface area contributed by atoms with E-state index in [0.29, 0.717) is 24.2 Å². The SMILES string of the molecule is Cc1nc2c(s1)C(N(C)C(=O)CC(C)C1CCNCC1)CCC2.Cl.Cl. The van der Waals surface area contributed by atoms with Crippen LogP contribution in [0.15, 0.2) is 0 Å². The van der Waals surface area contributed by atoms with Gasteiger partial charge in [-0.2, -0.15) is 0 Å². The Morgan fingerprint density at radius 1 is 1.32 bits per heavy atom. The van der Waals surface area contributed by atoms with Crippen LogP contribution in [0.2, 0.25) is 0 Å². The van der Waals surface area contributed by atoms with Crippen LogP contribution in [0.5, 0.6) is 0 Å². The van der Waals surface area contributed by atoms with Gasteiger partial charge in [0.05, 0.1) is 21.6 Å². The molecule has 2 aliphatic rings. The number of nitrogens with one attached hydrogen (secondary N) is 1. The Hall–Kier alpha value is -0.360. The van der Waals surface area contributed by atoms with Gasteiger partial charge in [-0.25, -0.2) is 4.98 Å². The number of carbonyl (C=O) groups excluding carboxylic acids is 1. The van der Waals surface area contributed by atoms with E-state index in [1.165, 1.54) is 23.4 Å². The van der Waals surface area contributed by atoms with Crippen molar-refractivity contribution in [1.29, 1.82) is 0 Å². The number of halogens is 2. The van der Waals surface area contributed by atoms with E-state index < -0.39 is 0 Å². The van der Waals surface area contributed by atoms with Crippen molar-refractivity contribution in [2.24, 2.45) is 11.8 Å². The van der Waals surface area contributed by atoms with Crippen LogP contribution in [0.3, 0.4) is 0 Å². The Kier molecular flexibility index (Phi) is 9.16. The fraction of sp³-hybridized carbons (Fsp3) is 0.778. The number of hydrogen-bond donors (Lipinski definition) is 1. The van der Waals surface area contributed by atoms with Crippen molar-refractivity contribution < 1.29 is 4.79 Å². The van der Waals surface area contributed by atoms with Crippen molar-refractivity contribution in [3.63, 3.8) is 0 Å². The Labute approximate surface area is 168 Å². The van der Waals surface area contributed by atoms with Crippen LogP contribution in [-0.4, -0.2) is 35.9 Å². The highest BCUT2D eigenvalue weighted by atomic mass is 35.5. The number of rotatable bonds is 4. The van der Waals surface area contributed by atoms with Crippen molar-refractivity contribution in [3.05, 3.63) is 15.6 Å². The molecule has 1 fully saturated rings. The van der Waals surface area contributed by atoms with E-state index in [1.807, 2.05) is 11.9 Å². The normalized spacial score (nSPS) is 21.5. The van der Waals surface area contributed by atoms with Crippen LogP contribution in [0.25, 0.3) is 0 Å². The van der Waals surface area contributed by atoms with Crippen molar-refractivity contribution in [2.75, 3.05) is 20.1 Å². The number of amides is 1. The smallest absolute Gasteiger partial charge is 0.223 e. The van der Waals surface area contributed by atoms with Crippen molar-refractivity contribution in [2.45, 2.75) is 58.4 Å². The Bertz CT molecular complexity index is 561. The molecule has 7 heteroatoms. The maximum absolute atomic E-state index is 12.8. The van der Waals surface area contributed by atoms with E-state index in [9.17, 15) is 4.79 Å². The first-order chi connectivity index (χ1) is 11.1. The average molecular weight is 408 g/mol. The third-order valence-electron chi connectivity index (χ3n) is 5.57. The maximum Gasteiger partial charge on any atom is 0.223 e. The Morgan fingerprint density at radius 3 is 2.68 bits per heavy atom. The minimum Gasteiger partial charge on any atom is -0.338 e. The van der Waals surface area contributed by atoms with Crippen LogP contribution >= 0.6 is 36.2 Å². The number of carbonyl (C=O) groups is 1. The summed E-state index contributed by atoms with van der Waals surface area (Å²) < 4.78 is 0. The lowest BCUT2D eigenvalue weighted by molar-refractivity contribution is -0.133. The fourth-order valence-corrected chi connectivity index (χ4v) is 5.21. The lowest BCUT2D eigenvalue weighted by Crippen LogP contribution is -2.36. The Morgan fingerprint density at radius 2 is 2.00 bits per heavy atom. The number of nitrogens with zero attached hydrogens (tertiary/aromatic N) is 2. The summed E-state index contributed by atoms with van der Waals surface area (Å²) in [4.78, 5) is 20.8.